The zero-order valence-corrected chi connectivity index (χ0v) is 10.4. The Hall–Kier alpha value is -1.51. The Morgan fingerprint density at radius 1 is 1.41 bits per heavy atom. The summed E-state index contributed by atoms with van der Waals surface area (Å²) in [5.41, 5.74) is 2.45. The zero-order valence-electron chi connectivity index (χ0n) is 10.4. The molecule has 1 aliphatic heterocycles. The number of rotatable bonds is 4. The summed E-state index contributed by atoms with van der Waals surface area (Å²) in [6.07, 6.45) is 1.28. The largest absolute Gasteiger partial charge is 0.481 e. The summed E-state index contributed by atoms with van der Waals surface area (Å²) in [6.45, 7) is 5.84. The van der Waals surface area contributed by atoms with Gasteiger partial charge in [-0.3, -0.25) is 4.79 Å². The molecule has 0 saturated carbocycles. The lowest BCUT2D eigenvalue weighted by Gasteiger charge is -2.30. The minimum Gasteiger partial charge on any atom is -0.481 e. The van der Waals surface area contributed by atoms with Crippen molar-refractivity contribution in [2.24, 2.45) is 5.41 Å². The molecule has 0 radical (unpaired) electrons. The zero-order chi connectivity index (χ0) is 12.5. The Kier molecular flexibility index (Phi) is 3.09. The summed E-state index contributed by atoms with van der Waals surface area (Å²) in [7, 11) is 0. The molecule has 0 aliphatic carbocycles. The van der Waals surface area contributed by atoms with Gasteiger partial charge in [-0.2, -0.15) is 0 Å². The van der Waals surface area contributed by atoms with Crippen LogP contribution < -0.4 is 4.90 Å². The van der Waals surface area contributed by atoms with E-state index in [0.29, 0.717) is 0 Å². The number of fused-ring (bicyclic) bond motifs is 1. The van der Waals surface area contributed by atoms with Crippen LogP contribution >= 0.6 is 0 Å². The number of carboxylic acid groups (broad SMARTS) is 1. The SMILES string of the molecule is CC(C)(CC(=O)O)CN1CCc2ccccc21. The average Bonchev–Trinajstić information content (AvgIpc) is 2.59. The highest BCUT2D eigenvalue weighted by molar-refractivity contribution is 5.68. The van der Waals surface area contributed by atoms with Gasteiger partial charge in [0.2, 0.25) is 0 Å². The van der Waals surface area contributed by atoms with Gasteiger partial charge in [0.05, 0.1) is 6.42 Å². The molecule has 0 atom stereocenters. The van der Waals surface area contributed by atoms with Crippen LogP contribution in [0.25, 0.3) is 0 Å². The van der Waals surface area contributed by atoms with Gasteiger partial charge in [-0.25, -0.2) is 0 Å². The van der Waals surface area contributed by atoms with E-state index in [0.717, 1.165) is 19.5 Å². The first-order valence-electron chi connectivity index (χ1n) is 6.03. The lowest BCUT2D eigenvalue weighted by atomic mass is 9.88. The van der Waals surface area contributed by atoms with E-state index in [4.69, 9.17) is 5.11 Å². The molecule has 1 N–H and O–H groups in total. The van der Waals surface area contributed by atoms with Gasteiger partial charge < -0.3 is 10.0 Å². The molecule has 17 heavy (non-hydrogen) atoms. The Labute approximate surface area is 102 Å². The second kappa shape index (κ2) is 4.40. The van der Waals surface area contributed by atoms with Gasteiger partial charge in [0.25, 0.3) is 0 Å². The molecule has 1 aromatic rings. The van der Waals surface area contributed by atoms with Crippen LogP contribution in [0, 0.1) is 5.41 Å². The van der Waals surface area contributed by atoms with Crippen LogP contribution in [0.15, 0.2) is 24.3 Å². The van der Waals surface area contributed by atoms with E-state index in [-0.39, 0.29) is 11.8 Å². The van der Waals surface area contributed by atoms with Crippen molar-refractivity contribution in [2.75, 3.05) is 18.0 Å². The number of carbonyl (C=O) groups is 1. The van der Waals surface area contributed by atoms with E-state index in [1.807, 2.05) is 19.9 Å². The number of benzene rings is 1. The fraction of sp³-hybridized carbons (Fsp3) is 0.500. The number of para-hydroxylation sites is 1. The smallest absolute Gasteiger partial charge is 0.303 e. The van der Waals surface area contributed by atoms with Gasteiger partial charge in [-0.15, -0.1) is 0 Å². The summed E-state index contributed by atoms with van der Waals surface area (Å²) in [5, 5.41) is 8.90. The molecule has 0 unspecified atom stereocenters. The van der Waals surface area contributed by atoms with Crippen molar-refractivity contribution in [1.82, 2.24) is 0 Å². The fourth-order valence-corrected chi connectivity index (χ4v) is 2.55. The van der Waals surface area contributed by atoms with Crippen molar-refractivity contribution in [2.45, 2.75) is 26.7 Å². The molecular weight excluding hydrogens is 214 g/mol. The standard InChI is InChI=1S/C14H19NO2/c1-14(2,9-13(16)17)10-15-8-7-11-5-3-4-6-12(11)15/h3-6H,7-10H2,1-2H3,(H,16,17). The Balaban J connectivity index is 2.09. The van der Waals surface area contributed by atoms with Crippen LogP contribution in [-0.2, 0) is 11.2 Å². The maximum absolute atomic E-state index is 10.8. The monoisotopic (exact) mass is 233 g/mol. The maximum atomic E-state index is 10.8. The van der Waals surface area contributed by atoms with Crippen LogP contribution in [0.1, 0.15) is 25.8 Å². The summed E-state index contributed by atoms with van der Waals surface area (Å²) in [4.78, 5) is 13.1. The number of carboxylic acids is 1. The molecule has 1 heterocycles. The first-order valence-corrected chi connectivity index (χ1v) is 6.03. The summed E-state index contributed by atoms with van der Waals surface area (Å²) in [5.74, 6) is -0.720. The highest BCUT2D eigenvalue weighted by Crippen LogP contribution is 2.31. The van der Waals surface area contributed by atoms with E-state index >= 15 is 0 Å². The predicted octanol–water partition coefficient (Wildman–Crippen LogP) is 2.55. The van der Waals surface area contributed by atoms with Gasteiger partial charge in [-0.1, -0.05) is 32.0 Å². The second-order valence-electron chi connectivity index (χ2n) is 5.53. The number of nitrogens with zero attached hydrogens (tertiary/aromatic N) is 1. The highest BCUT2D eigenvalue weighted by Gasteiger charge is 2.28. The van der Waals surface area contributed by atoms with Crippen molar-refractivity contribution in [1.29, 1.82) is 0 Å². The Morgan fingerprint density at radius 3 is 2.82 bits per heavy atom. The molecule has 0 amide bonds. The van der Waals surface area contributed by atoms with Crippen molar-refractivity contribution < 1.29 is 9.90 Å². The average molecular weight is 233 g/mol. The quantitative estimate of drug-likeness (QED) is 0.868. The van der Waals surface area contributed by atoms with Crippen molar-refractivity contribution >= 4 is 11.7 Å². The lowest BCUT2D eigenvalue weighted by Crippen LogP contribution is -2.34. The van der Waals surface area contributed by atoms with Crippen LogP contribution in [0.4, 0.5) is 5.69 Å². The van der Waals surface area contributed by atoms with E-state index in [1.165, 1.54) is 11.3 Å². The van der Waals surface area contributed by atoms with Crippen LogP contribution in [0.5, 0.6) is 0 Å². The molecule has 2 rings (SSSR count). The second-order valence-corrected chi connectivity index (χ2v) is 5.53. The van der Waals surface area contributed by atoms with Gasteiger partial charge in [0, 0.05) is 18.8 Å². The van der Waals surface area contributed by atoms with Gasteiger partial charge in [0.1, 0.15) is 0 Å². The fourth-order valence-electron chi connectivity index (χ4n) is 2.55. The first kappa shape index (κ1) is 12.0. The Morgan fingerprint density at radius 2 is 2.12 bits per heavy atom. The first-order chi connectivity index (χ1) is 7.98. The molecule has 0 aromatic heterocycles. The summed E-state index contributed by atoms with van der Waals surface area (Å²) in [6, 6.07) is 8.38. The van der Waals surface area contributed by atoms with E-state index in [1.54, 1.807) is 0 Å². The summed E-state index contributed by atoms with van der Waals surface area (Å²) < 4.78 is 0. The van der Waals surface area contributed by atoms with E-state index in [2.05, 4.69) is 23.1 Å². The topological polar surface area (TPSA) is 40.5 Å². The van der Waals surface area contributed by atoms with Crippen molar-refractivity contribution in [3.05, 3.63) is 29.8 Å². The third-order valence-electron chi connectivity index (χ3n) is 3.23. The highest BCUT2D eigenvalue weighted by atomic mass is 16.4. The van der Waals surface area contributed by atoms with Crippen LogP contribution in [0.3, 0.4) is 0 Å². The number of hydrogen-bond donors (Lipinski definition) is 1. The molecule has 1 aliphatic rings. The molecule has 1 aromatic carbocycles. The van der Waals surface area contributed by atoms with Gasteiger partial charge in [-0.05, 0) is 23.5 Å². The van der Waals surface area contributed by atoms with Gasteiger partial charge >= 0.3 is 5.97 Å². The molecule has 3 heteroatoms. The lowest BCUT2D eigenvalue weighted by molar-refractivity contribution is -0.139. The molecule has 3 nitrogen and oxygen atoms in total. The van der Waals surface area contributed by atoms with E-state index in [9.17, 15) is 4.79 Å². The number of hydrogen-bond acceptors (Lipinski definition) is 2. The number of aliphatic carboxylic acids is 1. The Bertz CT molecular complexity index is 426. The molecule has 0 spiro atoms. The predicted molar refractivity (Wildman–Crippen MR) is 68.4 cm³/mol. The molecule has 92 valence electrons. The third-order valence-corrected chi connectivity index (χ3v) is 3.23. The van der Waals surface area contributed by atoms with Crippen LogP contribution in [-0.4, -0.2) is 24.2 Å². The number of anilines is 1. The normalized spacial score (nSPS) is 14.8. The van der Waals surface area contributed by atoms with Crippen molar-refractivity contribution in [3.63, 3.8) is 0 Å². The van der Waals surface area contributed by atoms with E-state index < -0.39 is 5.97 Å². The molecule has 0 bridgehead atoms. The molecular formula is C14H19NO2. The maximum Gasteiger partial charge on any atom is 0.303 e. The molecule has 0 saturated heterocycles. The summed E-state index contributed by atoms with van der Waals surface area (Å²) >= 11 is 0. The minimum absolute atomic E-state index is 0.191. The van der Waals surface area contributed by atoms with Gasteiger partial charge in [0.15, 0.2) is 0 Å². The minimum atomic E-state index is -0.720. The van der Waals surface area contributed by atoms with Crippen LogP contribution in [0.2, 0.25) is 0 Å². The molecule has 0 fully saturated rings. The van der Waals surface area contributed by atoms with Crippen molar-refractivity contribution in [3.8, 4) is 0 Å². The third kappa shape index (κ3) is 2.78.